The van der Waals surface area contributed by atoms with E-state index >= 15 is 0 Å². The number of nitrogens with one attached hydrogen (secondary N) is 1. The van der Waals surface area contributed by atoms with E-state index in [4.69, 9.17) is 4.74 Å². The molecule has 1 fully saturated rings. The van der Waals surface area contributed by atoms with E-state index in [2.05, 4.69) is 10.2 Å². The summed E-state index contributed by atoms with van der Waals surface area (Å²) < 4.78 is 59.5. The van der Waals surface area contributed by atoms with E-state index in [1.807, 2.05) is 7.05 Å². The number of rotatable bonds is 10. The lowest BCUT2D eigenvalue weighted by atomic mass is 10.2. The third-order valence-corrected chi connectivity index (χ3v) is 10.0. The van der Waals surface area contributed by atoms with E-state index < -0.39 is 26.0 Å². The fraction of sp³-hybridized carbons (Fsp3) is 0.458. The van der Waals surface area contributed by atoms with Crippen molar-refractivity contribution in [2.24, 2.45) is 0 Å². The highest BCUT2D eigenvalue weighted by molar-refractivity contribution is 7.89. The van der Waals surface area contributed by atoms with Crippen molar-refractivity contribution < 1.29 is 26.4 Å². The van der Waals surface area contributed by atoms with E-state index in [-0.39, 0.29) is 16.4 Å². The monoisotopic (exact) mass is 538 g/mol. The lowest BCUT2D eigenvalue weighted by molar-refractivity contribution is -0.118. The van der Waals surface area contributed by atoms with Crippen molar-refractivity contribution in [3.05, 3.63) is 48.0 Å². The van der Waals surface area contributed by atoms with Crippen LogP contribution in [-0.2, 0) is 24.8 Å². The van der Waals surface area contributed by atoms with Gasteiger partial charge in [-0.1, -0.05) is 13.8 Å². The Bertz CT molecular complexity index is 1270. The Morgan fingerprint density at radius 1 is 0.944 bits per heavy atom. The molecule has 1 amide bonds. The molecule has 0 saturated carbocycles. The van der Waals surface area contributed by atoms with Crippen LogP contribution in [0.15, 0.2) is 52.3 Å². The van der Waals surface area contributed by atoms with Gasteiger partial charge in [0.05, 0.1) is 9.79 Å². The van der Waals surface area contributed by atoms with Gasteiger partial charge < -0.3 is 15.0 Å². The molecule has 10 nitrogen and oxygen atoms in total. The summed E-state index contributed by atoms with van der Waals surface area (Å²) >= 11 is 0. The van der Waals surface area contributed by atoms with E-state index in [1.165, 1.54) is 38.9 Å². The number of sulfonamides is 2. The Kier molecular flexibility index (Phi) is 9.12. The third-order valence-electron chi connectivity index (χ3n) is 6.09. The molecule has 0 atom stereocenters. The van der Waals surface area contributed by atoms with Gasteiger partial charge in [0, 0.05) is 45.0 Å². The summed E-state index contributed by atoms with van der Waals surface area (Å²) in [5.74, 6) is -0.0267. The standard InChI is InChI=1S/C24H34N4O6S2/c1-5-27(6-2)36(32,33)22-11-12-23(19(3)17-22)34-18-24(29)25-20-7-9-21(10-8-20)35(30,31)28-15-13-26(4)14-16-28/h7-12,17H,5-6,13-16,18H2,1-4H3,(H,25,29). The minimum absolute atomic E-state index is 0.173. The largest absolute Gasteiger partial charge is 0.483 e. The number of ether oxygens (including phenoxy) is 1. The van der Waals surface area contributed by atoms with Crippen LogP contribution in [0.1, 0.15) is 19.4 Å². The van der Waals surface area contributed by atoms with E-state index in [0.29, 0.717) is 56.3 Å². The number of anilines is 1. The molecule has 1 heterocycles. The number of likely N-dealkylation sites (N-methyl/N-ethyl adjacent to an activating group) is 1. The van der Waals surface area contributed by atoms with E-state index in [9.17, 15) is 21.6 Å². The van der Waals surface area contributed by atoms with Crippen LogP contribution in [0.4, 0.5) is 5.69 Å². The Hall–Kier alpha value is -2.51. The van der Waals surface area contributed by atoms with Crippen LogP contribution in [0.25, 0.3) is 0 Å². The molecule has 2 aromatic carbocycles. The lowest BCUT2D eigenvalue weighted by Gasteiger charge is -2.31. The highest BCUT2D eigenvalue weighted by Gasteiger charge is 2.27. The smallest absolute Gasteiger partial charge is 0.262 e. The van der Waals surface area contributed by atoms with E-state index in [1.54, 1.807) is 32.9 Å². The van der Waals surface area contributed by atoms with Crippen LogP contribution < -0.4 is 10.1 Å². The molecule has 0 bridgehead atoms. The first kappa shape index (κ1) is 28.1. The number of hydrogen-bond donors (Lipinski definition) is 1. The second-order valence-corrected chi connectivity index (χ2v) is 12.5. The predicted molar refractivity (Wildman–Crippen MR) is 138 cm³/mol. The highest BCUT2D eigenvalue weighted by atomic mass is 32.2. The minimum atomic E-state index is -3.59. The molecule has 0 unspecified atom stereocenters. The summed E-state index contributed by atoms with van der Waals surface area (Å²) in [6, 6.07) is 10.6. The second kappa shape index (κ2) is 11.7. The maximum Gasteiger partial charge on any atom is 0.262 e. The SMILES string of the molecule is CCN(CC)S(=O)(=O)c1ccc(OCC(=O)Nc2ccc(S(=O)(=O)N3CCN(C)CC3)cc2)c(C)c1. The molecule has 12 heteroatoms. The van der Waals surface area contributed by atoms with Gasteiger partial charge in [-0.05, 0) is 62.0 Å². The van der Waals surface area contributed by atoms with Crippen LogP contribution in [0.5, 0.6) is 5.75 Å². The second-order valence-electron chi connectivity index (χ2n) is 8.59. The van der Waals surface area contributed by atoms with Crippen molar-refractivity contribution in [1.82, 2.24) is 13.5 Å². The molecule has 36 heavy (non-hydrogen) atoms. The number of hydrogen-bond acceptors (Lipinski definition) is 7. The molecule has 0 aliphatic carbocycles. The van der Waals surface area contributed by atoms with Gasteiger partial charge in [-0.15, -0.1) is 0 Å². The van der Waals surface area contributed by atoms with Gasteiger partial charge >= 0.3 is 0 Å². The van der Waals surface area contributed by atoms with Crippen LogP contribution in [-0.4, -0.2) is 89.2 Å². The zero-order valence-corrected chi connectivity index (χ0v) is 22.7. The van der Waals surface area contributed by atoms with Crippen LogP contribution in [0, 0.1) is 6.92 Å². The molecule has 0 aromatic heterocycles. The molecule has 1 aliphatic heterocycles. The first-order chi connectivity index (χ1) is 17.0. The number of aryl methyl sites for hydroxylation is 1. The van der Waals surface area contributed by atoms with Crippen molar-refractivity contribution in [2.45, 2.75) is 30.6 Å². The first-order valence-corrected chi connectivity index (χ1v) is 14.7. The van der Waals surface area contributed by atoms with Gasteiger partial charge in [0.15, 0.2) is 6.61 Å². The molecule has 3 rings (SSSR count). The molecular formula is C24H34N4O6S2. The minimum Gasteiger partial charge on any atom is -0.483 e. The zero-order chi connectivity index (χ0) is 26.5. The van der Waals surface area contributed by atoms with Gasteiger partial charge in [0.25, 0.3) is 5.91 Å². The number of amides is 1. The number of piperazine rings is 1. The lowest BCUT2D eigenvalue weighted by Crippen LogP contribution is -2.46. The normalized spacial score (nSPS) is 15.7. The van der Waals surface area contributed by atoms with Gasteiger partial charge in [0.2, 0.25) is 20.0 Å². The van der Waals surface area contributed by atoms with Crippen molar-refractivity contribution in [3.63, 3.8) is 0 Å². The topological polar surface area (TPSA) is 116 Å². The number of benzene rings is 2. The summed E-state index contributed by atoms with van der Waals surface area (Å²) in [6.45, 7) is 7.99. The van der Waals surface area contributed by atoms with Crippen LogP contribution in [0.2, 0.25) is 0 Å². The Balaban J connectivity index is 1.59. The average Bonchev–Trinajstić information content (AvgIpc) is 2.84. The maximum atomic E-state index is 12.8. The number of nitrogens with zero attached hydrogens (tertiary/aromatic N) is 3. The fourth-order valence-corrected chi connectivity index (χ4v) is 6.85. The maximum absolute atomic E-state index is 12.8. The Morgan fingerprint density at radius 2 is 1.53 bits per heavy atom. The quantitative estimate of drug-likeness (QED) is 0.492. The summed E-state index contributed by atoms with van der Waals surface area (Å²) in [6.07, 6.45) is 0. The first-order valence-electron chi connectivity index (χ1n) is 11.8. The van der Waals surface area contributed by atoms with Gasteiger partial charge in [-0.2, -0.15) is 8.61 Å². The summed E-state index contributed by atoms with van der Waals surface area (Å²) in [5, 5.41) is 2.68. The molecule has 198 valence electrons. The van der Waals surface area contributed by atoms with E-state index in [0.717, 1.165) is 0 Å². The molecule has 1 saturated heterocycles. The summed E-state index contributed by atoms with van der Waals surface area (Å²) in [5.41, 5.74) is 1.04. The third kappa shape index (κ3) is 6.43. The molecule has 0 radical (unpaired) electrons. The number of carbonyl (C=O) groups is 1. The van der Waals surface area contributed by atoms with Crippen molar-refractivity contribution in [1.29, 1.82) is 0 Å². The van der Waals surface area contributed by atoms with Crippen molar-refractivity contribution in [3.8, 4) is 5.75 Å². The molecule has 0 spiro atoms. The molecular weight excluding hydrogens is 504 g/mol. The van der Waals surface area contributed by atoms with Crippen molar-refractivity contribution in [2.75, 3.05) is 58.2 Å². The summed E-state index contributed by atoms with van der Waals surface area (Å²) in [4.78, 5) is 14.8. The summed E-state index contributed by atoms with van der Waals surface area (Å²) in [7, 11) is -5.21. The Labute approximate surface area is 213 Å². The molecule has 1 aliphatic rings. The molecule has 1 N–H and O–H groups in total. The van der Waals surface area contributed by atoms with Crippen LogP contribution >= 0.6 is 0 Å². The fourth-order valence-electron chi connectivity index (χ4n) is 3.89. The number of carbonyl (C=O) groups excluding carboxylic acids is 1. The van der Waals surface area contributed by atoms with Crippen LogP contribution in [0.3, 0.4) is 0 Å². The predicted octanol–water partition coefficient (Wildman–Crippen LogP) is 1.98. The Morgan fingerprint density at radius 3 is 2.08 bits per heavy atom. The van der Waals surface area contributed by atoms with Crippen molar-refractivity contribution >= 4 is 31.6 Å². The average molecular weight is 539 g/mol. The van der Waals surface area contributed by atoms with Gasteiger partial charge in [0.1, 0.15) is 5.75 Å². The van der Waals surface area contributed by atoms with Gasteiger partial charge in [-0.25, -0.2) is 16.8 Å². The highest BCUT2D eigenvalue weighted by Crippen LogP contribution is 2.24. The zero-order valence-electron chi connectivity index (χ0n) is 21.1. The van der Waals surface area contributed by atoms with Gasteiger partial charge in [-0.3, -0.25) is 4.79 Å². The molecule has 2 aromatic rings.